The molecule has 3 rings (SSSR count). The average Bonchev–Trinajstić information content (AvgIpc) is 2.98. The zero-order chi connectivity index (χ0) is 14.3. The van der Waals surface area contributed by atoms with Crippen LogP contribution < -0.4 is 11.5 Å². The van der Waals surface area contributed by atoms with Gasteiger partial charge in [-0.2, -0.15) is 5.10 Å². The van der Waals surface area contributed by atoms with Crippen LogP contribution in [0.2, 0.25) is 0 Å². The summed E-state index contributed by atoms with van der Waals surface area (Å²) in [5.41, 5.74) is 12.0. The smallest absolute Gasteiger partial charge is 0.234 e. The van der Waals surface area contributed by atoms with Gasteiger partial charge in [0.1, 0.15) is 11.6 Å². The van der Waals surface area contributed by atoms with Crippen LogP contribution in [0.15, 0.2) is 6.20 Å². The topological polar surface area (TPSA) is 116 Å². The molecule has 0 aromatic carbocycles. The molecule has 1 atom stereocenters. The number of nitrogens with zero attached hydrogens (tertiary/aromatic N) is 5. The molecule has 1 fully saturated rings. The summed E-state index contributed by atoms with van der Waals surface area (Å²) in [6.07, 6.45) is 3.40. The maximum atomic E-state index is 11.4. The van der Waals surface area contributed by atoms with Crippen LogP contribution in [0.25, 0.3) is 11.0 Å². The van der Waals surface area contributed by atoms with E-state index in [0.29, 0.717) is 23.8 Å². The number of anilines is 1. The van der Waals surface area contributed by atoms with E-state index >= 15 is 0 Å². The number of fused-ring (bicyclic) bond motifs is 1. The van der Waals surface area contributed by atoms with E-state index in [4.69, 9.17) is 11.5 Å². The quantitative estimate of drug-likeness (QED) is 0.772. The predicted molar refractivity (Wildman–Crippen MR) is 73.3 cm³/mol. The molecule has 0 bridgehead atoms. The average molecular weight is 275 g/mol. The van der Waals surface area contributed by atoms with Crippen LogP contribution in [0.3, 0.4) is 0 Å². The normalized spacial score (nSPS) is 19.8. The van der Waals surface area contributed by atoms with Gasteiger partial charge in [0.05, 0.1) is 24.2 Å². The second-order valence-electron chi connectivity index (χ2n) is 5.06. The van der Waals surface area contributed by atoms with Crippen molar-refractivity contribution in [3.63, 3.8) is 0 Å². The van der Waals surface area contributed by atoms with Crippen molar-refractivity contribution in [2.24, 2.45) is 12.8 Å². The van der Waals surface area contributed by atoms with E-state index in [1.807, 2.05) is 4.90 Å². The molecule has 8 nitrogen and oxygen atoms in total. The fourth-order valence-electron chi connectivity index (χ4n) is 2.68. The number of rotatable bonds is 3. The molecule has 20 heavy (non-hydrogen) atoms. The molecule has 0 spiro atoms. The van der Waals surface area contributed by atoms with Gasteiger partial charge >= 0.3 is 0 Å². The summed E-state index contributed by atoms with van der Waals surface area (Å²) < 4.78 is 1.66. The molecule has 2 aromatic rings. The summed E-state index contributed by atoms with van der Waals surface area (Å²) in [4.78, 5) is 22.2. The third-order valence-electron chi connectivity index (χ3n) is 3.70. The third-order valence-corrected chi connectivity index (χ3v) is 3.70. The van der Waals surface area contributed by atoms with Gasteiger partial charge in [0.15, 0.2) is 5.65 Å². The molecule has 8 heteroatoms. The lowest BCUT2D eigenvalue weighted by atomic mass is 10.2. The molecule has 3 heterocycles. The number of nitrogen functional groups attached to an aromatic ring is 1. The summed E-state index contributed by atoms with van der Waals surface area (Å²) in [6.45, 7) is 1.29. The monoisotopic (exact) mass is 275 g/mol. The van der Waals surface area contributed by atoms with Crippen molar-refractivity contribution >= 4 is 22.8 Å². The highest BCUT2D eigenvalue weighted by atomic mass is 16.1. The summed E-state index contributed by atoms with van der Waals surface area (Å²) in [6, 6.07) is -0.234. The fraction of sp³-hybridized carbons (Fsp3) is 0.500. The Morgan fingerprint density at radius 1 is 1.50 bits per heavy atom. The van der Waals surface area contributed by atoms with Gasteiger partial charge in [0.25, 0.3) is 0 Å². The molecule has 4 N–H and O–H groups in total. The molecule has 2 aromatic heterocycles. The van der Waals surface area contributed by atoms with Gasteiger partial charge in [0.2, 0.25) is 5.91 Å². The fourth-order valence-corrected chi connectivity index (χ4v) is 2.68. The van der Waals surface area contributed by atoms with E-state index in [1.165, 1.54) is 0 Å². The molecule has 0 radical (unpaired) electrons. The molecule has 1 saturated heterocycles. The van der Waals surface area contributed by atoms with E-state index in [9.17, 15) is 4.79 Å². The number of primary amides is 1. The van der Waals surface area contributed by atoms with Crippen LogP contribution in [-0.2, 0) is 18.4 Å². The van der Waals surface area contributed by atoms with Crippen LogP contribution in [0, 0.1) is 0 Å². The van der Waals surface area contributed by atoms with Crippen molar-refractivity contribution in [2.75, 3.05) is 12.3 Å². The van der Waals surface area contributed by atoms with Gasteiger partial charge in [-0.15, -0.1) is 0 Å². The summed E-state index contributed by atoms with van der Waals surface area (Å²) >= 11 is 0. The van der Waals surface area contributed by atoms with E-state index in [0.717, 1.165) is 24.8 Å². The Morgan fingerprint density at radius 2 is 2.30 bits per heavy atom. The number of aryl methyl sites for hydroxylation is 1. The van der Waals surface area contributed by atoms with Crippen molar-refractivity contribution in [3.8, 4) is 0 Å². The Labute approximate surface area is 115 Å². The number of likely N-dealkylation sites (tertiary alicyclic amines) is 1. The van der Waals surface area contributed by atoms with Crippen molar-refractivity contribution in [1.29, 1.82) is 0 Å². The maximum Gasteiger partial charge on any atom is 0.234 e. The molecule has 1 unspecified atom stereocenters. The first-order valence-electron chi connectivity index (χ1n) is 6.53. The standard InChI is InChI=1S/C12H17N7O/c1-18-12-7(5-15-18)10(13)16-9(17-12)6-19-4-2-3-8(19)11(14)20/h5,8H,2-4,6H2,1H3,(H2,14,20)(H2,13,16,17). The minimum atomic E-state index is -0.294. The van der Waals surface area contributed by atoms with Gasteiger partial charge in [-0.1, -0.05) is 0 Å². The largest absolute Gasteiger partial charge is 0.383 e. The number of amides is 1. The van der Waals surface area contributed by atoms with E-state index in [1.54, 1.807) is 17.9 Å². The maximum absolute atomic E-state index is 11.4. The van der Waals surface area contributed by atoms with Crippen LogP contribution in [0.5, 0.6) is 0 Å². The minimum absolute atomic E-state index is 0.234. The summed E-state index contributed by atoms with van der Waals surface area (Å²) in [7, 11) is 1.81. The van der Waals surface area contributed by atoms with Gasteiger partial charge in [-0.25, -0.2) is 9.97 Å². The molecule has 0 saturated carbocycles. The molecule has 0 aliphatic carbocycles. The Morgan fingerprint density at radius 3 is 3.05 bits per heavy atom. The Hall–Kier alpha value is -2.22. The Bertz CT molecular complexity index is 665. The van der Waals surface area contributed by atoms with Crippen LogP contribution in [0.1, 0.15) is 18.7 Å². The van der Waals surface area contributed by atoms with Crippen molar-refractivity contribution in [1.82, 2.24) is 24.6 Å². The third kappa shape index (κ3) is 2.07. The number of hydrogen-bond acceptors (Lipinski definition) is 6. The van der Waals surface area contributed by atoms with Gasteiger partial charge in [-0.3, -0.25) is 14.4 Å². The minimum Gasteiger partial charge on any atom is -0.383 e. The summed E-state index contributed by atoms with van der Waals surface area (Å²) in [5, 5.41) is 4.86. The lowest BCUT2D eigenvalue weighted by molar-refractivity contribution is -0.122. The molecule has 1 amide bonds. The highest BCUT2D eigenvalue weighted by molar-refractivity contribution is 5.85. The van der Waals surface area contributed by atoms with Gasteiger partial charge < -0.3 is 11.5 Å². The van der Waals surface area contributed by atoms with E-state index in [-0.39, 0.29) is 11.9 Å². The lowest BCUT2D eigenvalue weighted by Crippen LogP contribution is -2.40. The van der Waals surface area contributed by atoms with E-state index < -0.39 is 0 Å². The number of carbonyl (C=O) groups excluding carboxylic acids is 1. The van der Waals surface area contributed by atoms with Crippen LogP contribution >= 0.6 is 0 Å². The molecular formula is C12H17N7O. The first-order valence-corrected chi connectivity index (χ1v) is 6.53. The van der Waals surface area contributed by atoms with Gasteiger partial charge in [-0.05, 0) is 19.4 Å². The Kier molecular flexibility index (Phi) is 3.01. The molecular weight excluding hydrogens is 258 g/mol. The first-order chi connectivity index (χ1) is 9.56. The van der Waals surface area contributed by atoms with Crippen molar-refractivity contribution in [2.45, 2.75) is 25.4 Å². The van der Waals surface area contributed by atoms with Crippen LogP contribution in [0.4, 0.5) is 5.82 Å². The zero-order valence-corrected chi connectivity index (χ0v) is 11.3. The molecule has 1 aliphatic rings. The number of nitrogens with two attached hydrogens (primary N) is 2. The van der Waals surface area contributed by atoms with Crippen LogP contribution in [-0.4, -0.2) is 43.1 Å². The lowest BCUT2D eigenvalue weighted by Gasteiger charge is -2.20. The number of hydrogen-bond donors (Lipinski definition) is 2. The van der Waals surface area contributed by atoms with Gasteiger partial charge in [0, 0.05) is 7.05 Å². The number of aromatic nitrogens is 4. The first kappa shape index (κ1) is 12.8. The summed E-state index contributed by atoms with van der Waals surface area (Å²) in [5.74, 6) is 0.705. The highest BCUT2D eigenvalue weighted by Gasteiger charge is 2.29. The van der Waals surface area contributed by atoms with Crippen molar-refractivity contribution < 1.29 is 4.79 Å². The highest BCUT2D eigenvalue weighted by Crippen LogP contribution is 2.21. The molecule has 1 aliphatic heterocycles. The van der Waals surface area contributed by atoms with Crippen molar-refractivity contribution in [3.05, 3.63) is 12.0 Å². The SMILES string of the molecule is Cn1ncc2c(N)nc(CN3CCCC3C(N)=O)nc21. The molecule has 106 valence electrons. The second-order valence-corrected chi connectivity index (χ2v) is 5.06. The Balaban J connectivity index is 1.91. The zero-order valence-electron chi connectivity index (χ0n) is 11.3. The predicted octanol–water partition coefficient (Wildman–Crippen LogP) is -0.605. The second kappa shape index (κ2) is 4.71. The van der Waals surface area contributed by atoms with E-state index in [2.05, 4.69) is 15.1 Å². The number of carbonyl (C=O) groups is 1.